The number of hydrogen-bond acceptors (Lipinski definition) is 4. The summed E-state index contributed by atoms with van der Waals surface area (Å²) >= 11 is 8.54. The first kappa shape index (κ1) is 12.1. The third-order valence-corrected chi connectivity index (χ3v) is 4.50. The topological polar surface area (TPSA) is 42.2 Å². The number of pyridine rings is 1. The average molecular weight is 388 g/mol. The normalized spacial score (nSPS) is 11.0. The Morgan fingerprint density at radius 2 is 2.17 bits per heavy atom. The van der Waals surface area contributed by atoms with E-state index in [-0.39, 0.29) is 0 Å². The minimum absolute atomic E-state index is 0.637. The molecule has 0 aromatic carbocycles. The van der Waals surface area contributed by atoms with Crippen molar-refractivity contribution in [3.63, 3.8) is 0 Å². The Balaban J connectivity index is 1.78. The van der Waals surface area contributed by atoms with E-state index in [1.807, 2.05) is 18.3 Å². The van der Waals surface area contributed by atoms with E-state index >= 15 is 0 Å². The molecule has 0 amide bonds. The van der Waals surface area contributed by atoms with Crippen molar-refractivity contribution < 1.29 is 0 Å². The molecule has 92 valence electrons. The molecule has 0 aliphatic carbocycles. The van der Waals surface area contributed by atoms with E-state index in [1.54, 1.807) is 15.9 Å². The molecule has 7 heteroatoms. The number of anilines is 1. The number of fused-ring (bicyclic) bond motifs is 1. The van der Waals surface area contributed by atoms with Crippen LogP contribution in [0.4, 0.5) is 5.95 Å². The third kappa shape index (κ3) is 2.57. The maximum atomic E-state index is 4.39. The molecule has 1 N–H and O–H groups in total. The Labute approximate surface area is 124 Å². The smallest absolute Gasteiger partial charge is 0.243 e. The predicted molar refractivity (Wildman–Crippen MR) is 80.0 cm³/mol. The molecule has 3 heterocycles. The van der Waals surface area contributed by atoms with Gasteiger partial charge in [0.1, 0.15) is 0 Å². The molecule has 3 aromatic rings. The van der Waals surface area contributed by atoms with Gasteiger partial charge in [0.15, 0.2) is 5.65 Å². The molecule has 0 unspecified atom stereocenters. The van der Waals surface area contributed by atoms with Crippen LogP contribution in [-0.2, 0) is 6.54 Å². The van der Waals surface area contributed by atoms with Gasteiger partial charge in [0.2, 0.25) is 5.95 Å². The van der Waals surface area contributed by atoms with Crippen LogP contribution < -0.4 is 5.32 Å². The van der Waals surface area contributed by atoms with Crippen molar-refractivity contribution >= 4 is 54.8 Å². The fourth-order valence-corrected chi connectivity index (χ4v) is 3.26. The highest BCUT2D eigenvalue weighted by Gasteiger charge is 2.04. The maximum Gasteiger partial charge on any atom is 0.243 e. The molecule has 0 saturated heterocycles. The van der Waals surface area contributed by atoms with E-state index < -0.39 is 0 Å². The zero-order valence-corrected chi connectivity index (χ0v) is 13.1. The molecule has 0 radical (unpaired) electrons. The number of thiophene rings is 1. The molecule has 0 bridgehead atoms. The zero-order valence-electron chi connectivity index (χ0n) is 9.10. The molecular formula is C11H8Br2N4S. The summed E-state index contributed by atoms with van der Waals surface area (Å²) in [6.07, 6.45) is 1.88. The Morgan fingerprint density at radius 3 is 2.94 bits per heavy atom. The van der Waals surface area contributed by atoms with Gasteiger partial charge in [0.25, 0.3) is 0 Å². The third-order valence-electron chi connectivity index (χ3n) is 2.34. The standard InChI is InChI=1S/C11H8Br2N4S/c12-7-1-2-10-15-11(16-17(10)5-7)14-4-9-3-8(13)6-18-9/h1-3,5-6H,4H2,(H,14,16). The van der Waals surface area contributed by atoms with Crippen LogP contribution in [0, 0.1) is 0 Å². The summed E-state index contributed by atoms with van der Waals surface area (Å²) in [5.74, 6) is 0.637. The first-order valence-corrected chi connectivity index (χ1v) is 7.66. The molecule has 3 aromatic heterocycles. The maximum absolute atomic E-state index is 4.39. The summed E-state index contributed by atoms with van der Waals surface area (Å²) in [5.41, 5.74) is 0.827. The van der Waals surface area contributed by atoms with Crippen LogP contribution in [0.3, 0.4) is 0 Å². The van der Waals surface area contributed by atoms with Gasteiger partial charge in [-0.3, -0.25) is 0 Å². The second kappa shape index (κ2) is 4.99. The molecule has 0 fully saturated rings. The fraction of sp³-hybridized carbons (Fsp3) is 0.0909. The number of aromatic nitrogens is 3. The lowest BCUT2D eigenvalue weighted by Gasteiger charge is -1.97. The van der Waals surface area contributed by atoms with Crippen molar-refractivity contribution in [3.8, 4) is 0 Å². The minimum Gasteiger partial charge on any atom is -0.348 e. The summed E-state index contributed by atoms with van der Waals surface area (Å²) in [6.45, 7) is 0.730. The summed E-state index contributed by atoms with van der Waals surface area (Å²) < 4.78 is 3.83. The van der Waals surface area contributed by atoms with Crippen molar-refractivity contribution in [3.05, 3.63) is 43.6 Å². The molecular weight excluding hydrogens is 380 g/mol. The van der Waals surface area contributed by atoms with Crippen molar-refractivity contribution in [2.75, 3.05) is 5.32 Å². The number of hydrogen-bond donors (Lipinski definition) is 1. The van der Waals surface area contributed by atoms with Gasteiger partial charge in [0.05, 0.1) is 6.54 Å². The van der Waals surface area contributed by atoms with Crippen LogP contribution in [0.1, 0.15) is 4.88 Å². The lowest BCUT2D eigenvalue weighted by Crippen LogP contribution is -1.99. The molecule has 0 aliphatic heterocycles. The molecule has 0 spiro atoms. The number of nitrogens with one attached hydrogen (secondary N) is 1. The van der Waals surface area contributed by atoms with Gasteiger partial charge in [-0.2, -0.15) is 4.98 Å². The van der Waals surface area contributed by atoms with E-state index in [9.17, 15) is 0 Å². The largest absolute Gasteiger partial charge is 0.348 e. The van der Waals surface area contributed by atoms with E-state index in [1.165, 1.54) is 4.88 Å². The summed E-state index contributed by atoms with van der Waals surface area (Å²) in [6, 6.07) is 5.96. The van der Waals surface area contributed by atoms with Crippen LogP contribution >= 0.6 is 43.2 Å². The van der Waals surface area contributed by atoms with E-state index in [2.05, 4.69) is 58.7 Å². The SMILES string of the molecule is Brc1csc(CNc2nc3ccc(Br)cn3n2)c1. The second-order valence-corrected chi connectivity index (χ2v) is 6.50. The van der Waals surface area contributed by atoms with E-state index in [4.69, 9.17) is 0 Å². The Bertz CT molecular complexity index is 691. The van der Waals surface area contributed by atoms with Crippen molar-refractivity contribution in [1.29, 1.82) is 0 Å². The Kier molecular flexibility index (Phi) is 3.36. The van der Waals surface area contributed by atoms with E-state index in [0.717, 1.165) is 21.1 Å². The summed E-state index contributed by atoms with van der Waals surface area (Å²) in [7, 11) is 0. The van der Waals surface area contributed by atoms with Crippen molar-refractivity contribution in [2.45, 2.75) is 6.54 Å². The van der Waals surface area contributed by atoms with E-state index in [0.29, 0.717) is 5.95 Å². The molecule has 0 aliphatic rings. The zero-order chi connectivity index (χ0) is 12.5. The van der Waals surface area contributed by atoms with Gasteiger partial charge < -0.3 is 5.32 Å². The lowest BCUT2D eigenvalue weighted by molar-refractivity contribution is 0.948. The van der Waals surface area contributed by atoms with Crippen LogP contribution in [-0.4, -0.2) is 14.6 Å². The highest BCUT2D eigenvalue weighted by Crippen LogP contribution is 2.20. The Morgan fingerprint density at radius 1 is 1.28 bits per heavy atom. The van der Waals surface area contributed by atoms with Gasteiger partial charge in [-0.25, -0.2) is 4.52 Å². The molecule has 18 heavy (non-hydrogen) atoms. The Hall–Kier alpha value is -0.920. The van der Waals surface area contributed by atoms with Gasteiger partial charge in [-0.05, 0) is 50.1 Å². The van der Waals surface area contributed by atoms with Crippen molar-refractivity contribution in [2.24, 2.45) is 0 Å². The highest BCUT2D eigenvalue weighted by molar-refractivity contribution is 9.10. The van der Waals surface area contributed by atoms with Crippen LogP contribution in [0.15, 0.2) is 38.7 Å². The van der Waals surface area contributed by atoms with Gasteiger partial charge in [-0.15, -0.1) is 16.4 Å². The first-order valence-electron chi connectivity index (χ1n) is 5.19. The molecule has 4 nitrogen and oxygen atoms in total. The fourth-order valence-electron chi connectivity index (χ4n) is 1.55. The molecule has 0 saturated carbocycles. The average Bonchev–Trinajstić information content (AvgIpc) is 2.92. The minimum atomic E-state index is 0.637. The molecule has 3 rings (SSSR count). The monoisotopic (exact) mass is 386 g/mol. The van der Waals surface area contributed by atoms with Crippen LogP contribution in [0.25, 0.3) is 5.65 Å². The van der Waals surface area contributed by atoms with Gasteiger partial charge in [0, 0.05) is 25.4 Å². The molecule has 0 atom stereocenters. The number of nitrogens with zero attached hydrogens (tertiary/aromatic N) is 3. The predicted octanol–water partition coefficient (Wildman–Crippen LogP) is 3.93. The summed E-state index contributed by atoms with van der Waals surface area (Å²) in [4.78, 5) is 5.63. The highest BCUT2D eigenvalue weighted by atomic mass is 79.9. The van der Waals surface area contributed by atoms with Gasteiger partial charge >= 0.3 is 0 Å². The first-order chi connectivity index (χ1) is 8.70. The number of halogens is 2. The quantitative estimate of drug-likeness (QED) is 0.740. The van der Waals surface area contributed by atoms with Crippen LogP contribution in [0.5, 0.6) is 0 Å². The van der Waals surface area contributed by atoms with Gasteiger partial charge in [-0.1, -0.05) is 0 Å². The van der Waals surface area contributed by atoms with Crippen molar-refractivity contribution in [1.82, 2.24) is 14.6 Å². The van der Waals surface area contributed by atoms with Crippen LogP contribution in [0.2, 0.25) is 0 Å². The lowest BCUT2D eigenvalue weighted by atomic mass is 10.5. The summed E-state index contributed by atoms with van der Waals surface area (Å²) in [5, 5.41) is 9.63. The second-order valence-electron chi connectivity index (χ2n) is 3.67. The number of rotatable bonds is 3.